The normalized spacial score (nSPS) is 10.3. The zero-order chi connectivity index (χ0) is 25.3. The summed E-state index contributed by atoms with van der Waals surface area (Å²) in [6, 6.07) is 12.0. The predicted molar refractivity (Wildman–Crippen MR) is 132 cm³/mol. The number of nitriles is 1. The first kappa shape index (κ1) is 26.2. The molecular weight excluding hydrogens is 434 g/mol. The molecule has 0 atom stereocenters. The average molecular weight is 466 g/mol. The lowest BCUT2D eigenvalue weighted by molar-refractivity contribution is -0.141. The lowest BCUT2D eigenvalue weighted by atomic mass is 10.1. The number of hydrogen-bond donors (Lipinski definition) is 3. The Kier molecular flexibility index (Phi) is 9.44. The zero-order valence-electron chi connectivity index (χ0n) is 20.2. The van der Waals surface area contributed by atoms with Crippen molar-refractivity contribution in [1.82, 2.24) is 5.32 Å². The van der Waals surface area contributed by atoms with Crippen LogP contribution < -0.4 is 20.9 Å². The molecule has 0 aromatic heterocycles. The average Bonchev–Trinajstić information content (AvgIpc) is 2.80. The van der Waals surface area contributed by atoms with Crippen LogP contribution in [0.3, 0.4) is 0 Å². The molecule has 0 aliphatic heterocycles. The Morgan fingerprint density at radius 1 is 1.06 bits per heavy atom. The minimum Gasteiger partial charge on any atom is -0.465 e. The molecule has 0 saturated heterocycles. The number of hydrogen-bond acceptors (Lipinski definition) is 6. The number of urea groups is 1. The highest BCUT2D eigenvalue weighted by molar-refractivity contribution is 5.97. The largest absolute Gasteiger partial charge is 0.465 e. The molecule has 34 heavy (non-hydrogen) atoms. The molecular formula is C25H31N5O4. The second-order valence-electron chi connectivity index (χ2n) is 7.97. The van der Waals surface area contributed by atoms with Gasteiger partial charge in [-0.25, -0.2) is 4.79 Å². The summed E-state index contributed by atoms with van der Waals surface area (Å²) in [6.45, 7) is 9.25. The van der Waals surface area contributed by atoms with Gasteiger partial charge in [-0.15, -0.1) is 0 Å². The van der Waals surface area contributed by atoms with Crippen LogP contribution in [0.4, 0.5) is 21.9 Å². The van der Waals surface area contributed by atoms with E-state index >= 15 is 0 Å². The molecule has 0 aliphatic rings. The molecule has 180 valence electrons. The molecule has 2 aromatic rings. The fourth-order valence-corrected chi connectivity index (χ4v) is 3.30. The van der Waals surface area contributed by atoms with Gasteiger partial charge in [0.2, 0.25) is 5.91 Å². The Morgan fingerprint density at radius 3 is 2.32 bits per heavy atom. The van der Waals surface area contributed by atoms with Crippen molar-refractivity contribution in [3.63, 3.8) is 0 Å². The fourth-order valence-electron chi connectivity index (χ4n) is 3.30. The van der Waals surface area contributed by atoms with Crippen molar-refractivity contribution in [2.24, 2.45) is 0 Å². The summed E-state index contributed by atoms with van der Waals surface area (Å²) < 4.78 is 4.86. The fraction of sp³-hybridized carbons (Fsp3) is 0.360. The van der Waals surface area contributed by atoms with E-state index < -0.39 is 12.0 Å². The number of anilines is 3. The number of ether oxygens (including phenoxy) is 1. The number of nitrogens with zero attached hydrogens (tertiary/aromatic N) is 2. The number of benzene rings is 2. The maximum Gasteiger partial charge on any atom is 0.325 e. The summed E-state index contributed by atoms with van der Waals surface area (Å²) in [6.07, 6.45) is 0. The van der Waals surface area contributed by atoms with Gasteiger partial charge >= 0.3 is 12.0 Å². The van der Waals surface area contributed by atoms with Crippen LogP contribution in [0.25, 0.3) is 0 Å². The standard InChI is InChI=1S/C25H31N5O4/c1-6-34-24(32)15-28-25(33)30(16(2)3)22-12-17(4)21(11-18(22)5)29-23(31)14-27-20-9-7-19(13-26)8-10-20/h7-12,16,27H,6,14-15H2,1-5H3,(H,28,33)(H,29,31). The third-order valence-electron chi connectivity index (χ3n) is 4.97. The molecule has 0 bridgehead atoms. The van der Waals surface area contributed by atoms with Crippen molar-refractivity contribution in [3.8, 4) is 6.07 Å². The highest BCUT2D eigenvalue weighted by atomic mass is 16.5. The summed E-state index contributed by atoms with van der Waals surface area (Å²) >= 11 is 0. The monoisotopic (exact) mass is 465 g/mol. The highest BCUT2D eigenvalue weighted by Gasteiger charge is 2.22. The van der Waals surface area contributed by atoms with Gasteiger partial charge in [-0.1, -0.05) is 0 Å². The van der Waals surface area contributed by atoms with Crippen molar-refractivity contribution in [1.29, 1.82) is 5.26 Å². The van der Waals surface area contributed by atoms with Gasteiger partial charge in [0.25, 0.3) is 0 Å². The molecule has 3 N–H and O–H groups in total. The van der Waals surface area contributed by atoms with E-state index in [9.17, 15) is 14.4 Å². The van der Waals surface area contributed by atoms with Crippen LogP contribution in [0.15, 0.2) is 36.4 Å². The van der Waals surface area contributed by atoms with Gasteiger partial charge in [0.15, 0.2) is 0 Å². The molecule has 2 aromatic carbocycles. The lowest BCUT2D eigenvalue weighted by Gasteiger charge is -2.29. The highest BCUT2D eigenvalue weighted by Crippen LogP contribution is 2.29. The molecule has 3 amide bonds. The number of rotatable bonds is 9. The van der Waals surface area contributed by atoms with E-state index in [1.54, 1.807) is 36.1 Å². The lowest BCUT2D eigenvalue weighted by Crippen LogP contribution is -2.46. The Hall–Kier alpha value is -4.06. The maximum atomic E-state index is 12.8. The molecule has 9 nitrogen and oxygen atoms in total. The van der Waals surface area contributed by atoms with Gasteiger partial charge in [0.05, 0.1) is 24.8 Å². The van der Waals surface area contributed by atoms with Gasteiger partial charge < -0.3 is 20.7 Å². The Labute approximate surface area is 200 Å². The van der Waals surface area contributed by atoms with E-state index in [1.165, 1.54) is 0 Å². The zero-order valence-corrected chi connectivity index (χ0v) is 20.2. The van der Waals surface area contributed by atoms with Gasteiger partial charge in [-0.3, -0.25) is 14.5 Å². The van der Waals surface area contributed by atoms with E-state index in [4.69, 9.17) is 10.00 Å². The van der Waals surface area contributed by atoms with Gasteiger partial charge in [-0.2, -0.15) is 5.26 Å². The van der Waals surface area contributed by atoms with E-state index in [1.807, 2.05) is 39.8 Å². The van der Waals surface area contributed by atoms with Crippen LogP contribution in [-0.4, -0.2) is 43.6 Å². The maximum absolute atomic E-state index is 12.8. The van der Waals surface area contributed by atoms with E-state index in [2.05, 4.69) is 22.0 Å². The molecule has 0 heterocycles. The number of aryl methyl sites for hydroxylation is 2. The first-order valence-electron chi connectivity index (χ1n) is 11.0. The number of esters is 1. The Bertz CT molecular complexity index is 1070. The van der Waals surface area contributed by atoms with Gasteiger partial charge in [-0.05, 0) is 82.1 Å². The smallest absolute Gasteiger partial charge is 0.325 e. The van der Waals surface area contributed by atoms with E-state index in [0.29, 0.717) is 16.9 Å². The van der Waals surface area contributed by atoms with E-state index in [0.717, 1.165) is 16.8 Å². The second-order valence-corrected chi connectivity index (χ2v) is 7.97. The topological polar surface area (TPSA) is 124 Å². The number of carbonyl (C=O) groups excluding carboxylic acids is 3. The van der Waals surface area contributed by atoms with Gasteiger partial charge in [0.1, 0.15) is 6.54 Å². The van der Waals surface area contributed by atoms with Gasteiger partial charge in [0, 0.05) is 23.1 Å². The number of amides is 3. The first-order valence-corrected chi connectivity index (χ1v) is 11.0. The minimum atomic E-state index is -0.500. The quantitative estimate of drug-likeness (QED) is 0.485. The molecule has 0 saturated carbocycles. The van der Waals surface area contributed by atoms with Crippen molar-refractivity contribution < 1.29 is 19.1 Å². The molecule has 0 fully saturated rings. The number of nitrogens with one attached hydrogen (secondary N) is 3. The minimum absolute atomic E-state index is 0.0561. The second kappa shape index (κ2) is 12.3. The molecule has 9 heteroatoms. The van der Waals surface area contributed by atoms with Crippen molar-refractivity contribution >= 4 is 35.0 Å². The van der Waals surface area contributed by atoms with Crippen LogP contribution in [0.5, 0.6) is 0 Å². The summed E-state index contributed by atoms with van der Waals surface area (Å²) in [5, 5.41) is 17.4. The van der Waals surface area contributed by atoms with Crippen LogP contribution in [-0.2, 0) is 14.3 Å². The molecule has 0 spiro atoms. The summed E-state index contributed by atoms with van der Waals surface area (Å²) in [4.78, 5) is 38.4. The third kappa shape index (κ3) is 7.24. The Morgan fingerprint density at radius 2 is 1.74 bits per heavy atom. The predicted octanol–water partition coefficient (Wildman–Crippen LogP) is 3.71. The van der Waals surface area contributed by atoms with Crippen LogP contribution >= 0.6 is 0 Å². The Balaban J connectivity index is 2.09. The van der Waals surface area contributed by atoms with Crippen LogP contribution in [0.1, 0.15) is 37.5 Å². The van der Waals surface area contributed by atoms with Crippen molar-refractivity contribution in [3.05, 3.63) is 53.1 Å². The van der Waals surface area contributed by atoms with E-state index in [-0.39, 0.29) is 31.6 Å². The van der Waals surface area contributed by atoms with Crippen molar-refractivity contribution in [2.45, 2.75) is 40.7 Å². The third-order valence-corrected chi connectivity index (χ3v) is 4.97. The molecule has 0 radical (unpaired) electrons. The SMILES string of the molecule is CCOC(=O)CNC(=O)N(c1cc(C)c(NC(=O)CNc2ccc(C#N)cc2)cc1C)C(C)C. The van der Waals surface area contributed by atoms with Crippen molar-refractivity contribution in [2.75, 3.05) is 35.2 Å². The molecule has 0 unspecified atom stereocenters. The first-order chi connectivity index (χ1) is 16.2. The molecule has 2 rings (SSSR count). The number of carbonyl (C=O) groups is 3. The van der Waals surface area contributed by atoms with Crippen LogP contribution in [0.2, 0.25) is 0 Å². The van der Waals surface area contributed by atoms with Crippen LogP contribution in [0, 0.1) is 25.2 Å². The molecule has 0 aliphatic carbocycles. The summed E-state index contributed by atoms with van der Waals surface area (Å²) in [7, 11) is 0. The summed E-state index contributed by atoms with van der Waals surface area (Å²) in [5.41, 5.74) is 4.19. The summed E-state index contributed by atoms with van der Waals surface area (Å²) in [5.74, 6) is -0.729.